The minimum absolute atomic E-state index is 0.0664. The summed E-state index contributed by atoms with van der Waals surface area (Å²) in [6.07, 6.45) is 1.02. The van der Waals surface area contributed by atoms with Crippen LogP contribution in [0.25, 0.3) is 0 Å². The summed E-state index contributed by atoms with van der Waals surface area (Å²) in [6, 6.07) is 5.92. The highest BCUT2D eigenvalue weighted by Gasteiger charge is 2.20. The van der Waals surface area contributed by atoms with Crippen LogP contribution in [0, 0.1) is 13.8 Å². The van der Waals surface area contributed by atoms with E-state index < -0.39 is 0 Å². The minimum atomic E-state index is 0.0664. The van der Waals surface area contributed by atoms with Crippen molar-refractivity contribution in [3.05, 3.63) is 29.3 Å². The molecule has 0 aromatic heterocycles. The SMILES string of the molecule is Cc1ccc(OCC(=O)N2CCN(CCCN)CC2)cc1C. The molecule has 2 rings (SSSR count). The number of aryl methyl sites for hydroxylation is 2. The van der Waals surface area contributed by atoms with E-state index in [-0.39, 0.29) is 12.5 Å². The molecular weight excluding hydrogens is 278 g/mol. The Balaban J connectivity index is 1.75. The first-order chi connectivity index (χ1) is 10.6. The van der Waals surface area contributed by atoms with Crippen LogP contribution in [0.4, 0.5) is 0 Å². The van der Waals surface area contributed by atoms with Gasteiger partial charge in [0.25, 0.3) is 5.91 Å². The molecule has 22 heavy (non-hydrogen) atoms. The zero-order chi connectivity index (χ0) is 15.9. The summed E-state index contributed by atoms with van der Waals surface area (Å²) >= 11 is 0. The number of carbonyl (C=O) groups excluding carboxylic acids is 1. The zero-order valence-electron chi connectivity index (χ0n) is 13.7. The second kappa shape index (κ2) is 8.15. The zero-order valence-corrected chi connectivity index (χ0v) is 13.7. The molecule has 1 amide bonds. The summed E-state index contributed by atoms with van der Waals surface area (Å²) in [7, 11) is 0. The number of carbonyl (C=O) groups is 1. The lowest BCUT2D eigenvalue weighted by Gasteiger charge is -2.34. The molecule has 1 aromatic rings. The van der Waals surface area contributed by atoms with Crippen LogP contribution in [0.15, 0.2) is 18.2 Å². The number of benzene rings is 1. The van der Waals surface area contributed by atoms with Crippen LogP contribution in [0.2, 0.25) is 0 Å². The average Bonchev–Trinajstić information content (AvgIpc) is 2.54. The van der Waals surface area contributed by atoms with E-state index in [0.29, 0.717) is 0 Å². The first-order valence-corrected chi connectivity index (χ1v) is 8.00. The highest BCUT2D eigenvalue weighted by atomic mass is 16.5. The van der Waals surface area contributed by atoms with Crippen molar-refractivity contribution < 1.29 is 9.53 Å². The topological polar surface area (TPSA) is 58.8 Å². The molecule has 1 saturated heterocycles. The van der Waals surface area contributed by atoms with Gasteiger partial charge in [-0.15, -0.1) is 0 Å². The number of amides is 1. The minimum Gasteiger partial charge on any atom is -0.484 e. The van der Waals surface area contributed by atoms with Gasteiger partial charge in [0.1, 0.15) is 5.75 Å². The van der Waals surface area contributed by atoms with Gasteiger partial charge in [-0.2, -0.15) is 0 Å². The molecule has 0 atom stereocenters. The maximum Gasteiger partial charge on any atom is 0.260 e. The van der Waals surface area contributed by atoms with Crippen LogP contribution < -0.4 is 10.5 Å². The normalized spacial score (nSPS) is 15.9. The Morgan fingerprint density at radius 1 is 1.18 bits per heavy atom. The van der Waals surface area contributed by atoms with Gasteiger partial charge in [0.2, 0.25) is 0 Å². The third-order valence-electron chi connectivity index (χ3n) is 4.24. The molecule has 0 bridgehead atoms. The maximum atomic E-state index is 12.2. The Labute approximate surface area is 133 Å². The number of rotatable bonds is 6. The third-order valence-corrected chi connectivity index (χ3v) is 4.24. The van der Waals surface area contributed by atoms with Crippen molar-refractivity contribution in [1.29, 1.82) is 0 Å². The molecular formula is C17H27N3O2. The lowest BCUT2D eigenvalue weighted by Crippen LogP contribution is -2.50. The number of hydrogen-bond acceptors (Lipinski definition) is 4. The monoisotopic (exact) mass is 305 g/mol. The number of ether oxygens (including phenoxy) is 1. The van der Waals surface area contributed by atoms with E-state index in [9.17, 15) is 4.79 Å². The van der Waals surface area contributed by atoms with Gasteiger partial charge < -0.3 is 15.4 Å². The molecule has 1 fully saturated rings. The Bertz CT molecular complexity index is 497. The van der Waals surface area contributed by atoms with Gasteiger partial charge in [-0.3, -0.25) is 9.69 Å². The van der Waals surface area contributed by atoms with Gasteiger partial charge >= 0.3 is 0 Å². The second-order valence-corrected chi connectivity index (χ2v) is 5.90. The molecule has 1 aliphatic rings. The van der Waals surface area contributed by atoms with Crippen molar-refractivity contribution in [2.24, 2.45) is 5.73 Å². The van der Waals surface area contributed by atoms with Crippen molar-refractivity contribution >= 4 is 5.91 Å². The van der Waals surface area contributed by atoms with Crippen molar-refractivity contribution in [2.45, 2.75) is 20.3 Å². The molecule has 2 N–H and O–H groups in total. The summed E-state index contributed by atoms with van der Waals surface area (Å²) in [4.78, 5) is 16.5. The maximum absolute atomic E-state index is 12.2. The van der Waals surface area contributed by atoms with Gasteiger partial charge in [-0.1, -0.05) is 6.07 Å². The lowest BCUT2D eigenvalue weighted by atomic mass is 10.1. The van der Waals surface area contributed by atoms with Crippen molar-refractivity contribution in [1.82, 2.24) is 9.80 Å². The van der Waals surface area contributed by atoms with E-state index in [2.05, 4.69) is 11.8 Å². The summed E-state index contributed by atoms with van der Waals surface area (Å²) in [6.45, 7) is 9.38. The summed E-state index contributed by atoms with van der Waals surface area (Å²) < 4.78 is 5.63. The van der Waals surface area contributed by atoms with E-state index >= 15 is 0 Å². The molecule has 0 radical (unpaired) electrons. The van der Waals surface area contributed by atoms with E-state index in [4.69, 9.17) is 10.5 Å². The van der Waals surface area contributed by atoms with Crippen LogP contribution in [0.3, 0.4) is 0 Å². The fraction of sp³-hybridized carbons (Fsp3) is 0.588. The molecule has 0 unspecified atom stereocenters. The van der Waals surface area contributed by atoms with Gasteiger partial charge in [0.05, 0.1) is 0 Å². The number of nitrogens with two attached hydrogens (primary N) is 1. The third kappa shape index (κ3) is 4.71. The van der Waals surface area contributed by atoms with Gasteiger partial charge in [-0.05, 0) is 56.6 Å². The first-order valence-electron chi connectivity index (χ1n) is 8.00. The molecule has 5 heteroatoms. The van der Waals surface area contributed by atoms with E-state index in [1.54, 1.807) is 0 Å². The van der Waals surface area contributed by atoms with E-state index in [0.717, 1.165) is 51.4 Å². The highest BCUT2D eigenvalue weighted by Crippen LogP contribution is 2.16. The smallest absolute Gasteiger partial charge is 0.260 e. The summed E-state index contributed by atoms with van der Waals surface area (Å²) in [5, 5.41) is 0. The van der Waals surface area contributed by atoms with Crippen molar-refractivity contribution in [3.8, 4) is 5.75 Å². The molecule has 1 aromatic carbocycles. The second-order valence-electron chi connectivity index (χ2n) is 5.90. The molecule has 5 nitrogen and oxygen atoms in total. The Morgan fingerprint density at radius 3 is 2.55 bits per heavy atom. The lowest BCUT2D eigenvalue weighted by molar-refractivity contribution is -0.135. The predicted octanol–water partition coefficient (Wildman–Crippen LogP) is 1.18. The highest BCUT2D eigenvalue weighted by molar-refractivity contribution is 5.77. The molecule has 0 aliphatic carbocycles. The fourth-order valence-electron chi connectivity index (χ4n) is 2.58. The molecule has 122 valence electrons. The van der Waals surface area contributed by atoms with E-state index in [1.807, 2.05) is 30.0 Å². The van der Waals surface area contributed by atoms with Crippen LogP contribution in [0.1, 0.15) is 17.5 Å². The Morgan fingerprint density at radius 2 is 1.91 bits per heavy atom. The molecule has 1 heterocycles. The fourth-order valence-corrected chi connectivity index (χ4v) is 2.58. The van der Waals surface area contributed by atoms with Crippen LogP contribution >= 0.6 is 0 Å². The van der Waals surface area contributed by atoms with Crippen molar-refractivity contribution in [3.63, 3.8) is 0 Å². The van der Waals surface area contributed by atoms with Crippen molar-refractivity contribution in [2.75, 3.05) is 45.9 Å². The van der Waals surface area contributed by atoms with Crippen LogP contribution in [-0.2, 0) is 4.79 Å². The largest absolute Gasteiger partial charge is 0.484 e. The van der Waals surface area contributed by atoms with Crippen LogP contribution in [-0.4, -0.2) is 61.6 Å². The van der Waals surface area contributed by atoms with Crippen LogP contribution in [0.5, 0.6) is 5.75 Å². The summed E-state index contributed by atoms with van der Waals surface area (Å²) in [5.74, 6) is 0.828. The number of piperazine rings is 1. The Kier molecular flexibility index (Phi) is 6.21. The number of hydrogen-bond donors (Lipinski definition) is 1. The van der Waals surface area contributed by atoms with Gasteiger partial charge in [0, 0.05) is 26.2 Å². The standard InChI is InChI=1S/C17H27N3O2/c1-14-4-5-16(12-15(14)2)22-13-17(21)20-10-8-19(9-11-20)7-3-6-18/h4-5,12H,3,6-11,13,18H2,1-2H3. The first kappa shape index (κ1) is 16.8. The summed E-state index contributed by atoms with van der Waals surface area (Å²) in [5.41, 5.74) is 7.94. The Hall–Kier alpha value is -1.59. The average molecular weight is 305 g/mol. The molecule has 1 aliphatic heterocycles. The molecule has 0 spiro atoms. The quantitative estimate of drug-likeness (QED) is 0.857. The molecule has 0 saturated carbocycles. The van der Waals surface area contributed by atoms with Gasteiger partial charge in [-0.25, -0.2) is 0 Å². The van der Waals surface area contributed by atoms with E-state index in [1.165, 1.54) is 11.1 Å². The predicted molar refractivity (Wildman–Crippen MR) is 88.1 cm³/mol. The van der Waals surface area contributed by atoms with Gasteiger partial charge in [0.15, 0.2) is 6.61 Å². The number of nitrogens with zero attached hydrogens (tertiary/aromatic N) is 2.